The Balaban J connectivity index is 0.00000392. The van der Waals surface area contributed by atoms with Crippen molar-refractivity contribution in [1.29, 1.82) is 0 Å². The highest BCUT2D eigenvalue weighted by molar-refractivity contribution is 14.0. The number of piperidine rings is 1. The fourth-order valence-electron chi connectivity index (χ4n) is 3.17. The summed E-state index contributed by atoms with van der Waals surface area (Å²) in [7, 11) is 3.77. The Morgan fingerprint density at radius 3 is 2.75 bits per heavy atom. The Kier molecular flexibility index (Phi) is 9.96. The molecule has 1 amide bonds. The van der Waals surface area contributed by atoms with Crippen LogP contribution in [0.5, 0.6) is 0 Å². The molecule has 7 nitrogen and oxygen atoms in total. The van der Waals surface area contributed by atoms with Gasteiger partial charge in [-0.05, 0) is 47.0 Å². The second-order valence-corrected chi connectivity index (χ2v) is 9.03. The highest BCUT2D eigenvalue weighted by atomic mass is 127. The third kappa shape index (κ3) is 7.73. The summed E-state index contributed by atoms with van der Waals surface area (Å²) < 4.78 is 5.58. The van der Waals surface area contributed by atoms with E-state index in [0.29, 0.717) is 13.1 Å². The number of ether oxygens (including phenoxy) is 1. The lowest BCUT2D eigenvalue weighted by molar-refractivity contribution is 0.0104. The fourth-order valence-corrected chi connectivity index (χ4v) is 3.77. The normalized spacial score (nSPS) is 17.7. The summed E-state index contributed by atoms with van der Waals surface area (Å²) in [6, 6.07) is 0.111. The number of aromatic nitrogens is 1. The fraction of sp³-hybridized carbons (Fsp3) is 0.737. The van der Waals surface area contributed by atoms with Crippen LogP contribution in [-0.2, 0) is 11.3 Å². The maximum Gasteiger partial charge on any atom is 0.410 e. The summed E-state index contributed by atoms with van der Waals surface area (Å²) in [5.41, 5.74) is 0.560. The van der Waals surface area contributed by atoms with Crippen molar-refractivity contribution in [2.24, 2.45) is 4.99 Å². The summed E-state index contributed by atoms with van der Waals surface area (Å²) >= 11 is 1.65. The zero-order valence-corrected chi connectivity index (χ0v) is 21.0. The number of likely N-dealkylation sites (tertiary alicyclic amines) is 1. The van der Waals surface area contributed by atoms with Crippen molar-refractivity contribution in [3.05, 3.63) is 16.1 Å². The van der Waals surface area contributed by atoms with Crippen LogP contribution in [0.2, 0.25) is 0 Å². The minimum absolute atomic E-state index is 0. The number of nitrogens with zero attached hydrogens (tertiary/aromatic N) is 4. The Morgan fingerprint density at radius 1 is 1.46 bits per heavy atom. The molecule has 1 unspecified atom stereocenters. The Labute approximate surface area is 190 Å². The van der Waals surface area contributed by atoms with Gasteiger partial charge in [0.2, 0.25) is 0 Å². The molecule has 1 aliphatic rings. The molecule has 1 aromatic rings. The molecular weight excluding hydrogens is 489 g/mol. The number of carbonyl (C=O) groups excluding carboxylic acids is 1. The molecule has 0 aliphatic carbocycles. The molecule has 1 atom stereocenters. The van der Waals surface area contributed by atoms with Crippen LogP contribution in [0.15, 0.2) is 10.4 Å². The Bertz CT molecular complexity index is 659. The second-order valence-electron chi connectivity index (χ2n) is 7.97. The zero-order valence-electron chi connectivity index (χ0n) is 17.8. The van der Waals surface area contributed by atoms with Crippen molar-refractivity contribution in [1.82, 2.24) is 20.1 Å². The molecule has 9 heteroatoms. The van der Waals surface area contributed by atoms with E-state index in [0.717, 1.165) is 42.5 Å². The third-order valence-corrected chi connectivity index (χ3v) is 5.21. The highest BCUT2D eigenvalue weighted by Crippen LogP contribution is 2.20. The average molecular weight is 523 g/mol. The molecule has 160 valence electrons. The first kappa shape index (κ1) is 24.9. The molecule has 1 saturated heterocycles. The number of hydrogen-bond acceptors (Lipinski definition) is 5. The Hall–Kier alpha value is -1.10. The molecule has 0 radical (unpaired) electrons. The van der Waals surface area contributed by atoms with E-state index in [1.54, 1.807) is 18.4 Å². The molecule has 0 bridgehead atoms. The van der Waals surface area contributed by atoms with E-state index in [9.17, 15) is 4.79 Å². The van der Waals surface area contributed by atoms with Gasteiger partial charge in [0, 0.05) is 32.6 Å². The molecule has 2 rings (SSSR count). The van der Waals surface area contributed by atoms with E-state index in [1.165, 1.54) is 0 Å². The number of aliphatic imine (C=N–C) groups is 1. The maximum absolute atomic E-state index is 12.5. The largest absolute Gasteiger partial charge is 0.444 e. The van der Waals surface area contributed by atoms with Crippen molar-refractivity contribution >= 4 is 47.4 Å². The van der Waals surface area contributed by atoms with Gasteiger partial charge in [0.15, 0.2) is 5.96 Å². The molecule has 1 fully saturated rings. The molecular formula is C19H34IN5O2S. The van der Waals surface area contributed by atoms with Crippen LogP contribution >= 0.6 is 35.3 Å². The number of hydrogen-bond donors (Lipinski definition) is 1. The second kappa shape index (κ2) is 11.2. The number of carbonyl (C=O) groups is 1. The zero-order chi connectivity index (χ0) is 20.0. The number of guanidine groups is 1. The van der Waals surface area contributed by atoms with Gasteiger partial charge < -0.3 is 19.9 Å². The van der Waals surface area contributed by atoms with Gasteiger partial charge in [-0.3, -0.25) is 4.99 Å². The predicted molar refractivity (Wildman–Crippen MR) is 126 cm³/mol. The van der Waals surface area contributed by atoms with Crippen molar-refractivity contribution in [2.75, 3.05) is 27.2 Å². The summed E-state index contributed by atoms with van der Waals surface area (Å²) in [4.78, 5) is 25.3. The molecule has 0 saturated carbocycles. The summed E-state index contributed by atoms with van der Waals surface area (Å²) in [5, 5.41) is 6.56. The lowest BCUT2D eigenvalue weighted by Gasteiger charge is -2.37. The van der Waals surface area contributed by atoms with Gasteiger partial charge in [0.05, 0.1) is 23.3 Å². The summed E-state index contributed by atoms with van der Waals surface area (Å²) in [5.74, 6) is 0.801. The summed E-state index contributed by atoms with van der Waals surface area (Å²) in [6.45, 7) is 9.82. The number of nitrogens with one attached hydrogen (secondary N) is 1. The smallest absolute Gasteiger partial charge is 0.410 e. The number of aryl methyl sites for hydroxylation is 1. The van der Waals surface area contributed by atoms with E-state index < -0.39 is 5.60 Å². The van der Waals surface area contributed by atoms with Crippen LogP contribution in [0, 0.1) is 6.92 Å². The van der Waals surface area contributed by atoms with Gasteiger partial charge in [-0.25, -0.2) is 9.78 Å². The van der Waals surface area contributed by atoms with Crippen molar-refractivity contribution in [3.63, 3.8) is 0 Å². The number of amides is 1. The standard InChI is InChI=1S/C19H33N5O2S.HI/c1-14-22-15(13-27-14)12-23(6)17(20-5)21-11-16-9-7-8-10-24(16)18(25)26-19(2,3)4;/h13,16H,7-12H2,1-6H3,(H,20,21);1H. The van der Waals surface area contributed by atoms with Gasteiger partial charge in [0.1, 0.15) is 5.60 Å². The van der Waals surface area contributed by atoms with E-state index >= 15 is 0 Å². The van der Waals surface area contributed by atoms with Crippen LogP contribution in [0.25, 0.3) is 0 Å². The van der Waals surface area contributed by atoms with E-state index in [2.05, 4.69) is 25.6 Å². The van der Waals surface area contributed by atoms with Crippen LogP contribution in [0.3, 0.4) is 0 Å². The van der Waals surface area contributed by atoms with Gasteiger partial charge in [-0.15, -0.1) is 35.3 Å². The summed E-state index contributed by atoms with van der Waals surface area (Å²) in [6.07, 6.45) is 2.89. The van der Waals surface area contributed by atoms with E-state index in [4.69, 9.17) is 4.74 Å². The Morgan fingerprint density at radius 2 is 2.18 bits per heavy atom. The molecule has 28 heavy (non-hydrogen) atoms. The molecule has 0 aromatic carbocycles. The minimum atomic E-state index is -0.478. The monoisotopic (exact) mass is 523 g/mol. The quantitative estimate of drug-likeness (QED) is 0.369. The van der Waals surface area contributed by atoms with Crippen LogP contribution in [-0.4, -0.2) is 65.7 Å². The third-order valence-electron chi connectivity index (χ3n) is 4.39. The van der Waals surface area contributed by atoms with E-state index in [-0.39, 0.29) is 36.1 Å². The maximum atomic E-state index is 12.5. The number of thiazole rings is 1. The lowest BCUT2D eigenvalue weighted by atomic mass is 10.0. The number of rotatable bonds is 4. The number of halogens is 1. The van der Waals surface area contributed by atoms with Crippen LogP contribution in [0.1, 0.15) is 50.7 Å². The van der Waals surface area contributed by atoms with E-state index in [1.807, 2.05) is 39.6 Å². The SMILES string of the molecule is CN=C(NCC1CCCCN1C(=O)OC(C)(C)C)N(C)Cc1csc(C)n1.I. The van der Waals surface area contributed by atoms with Gasteiger partial charge >= 0.3 is 6.09 Å². The van der Waals surface area contributed by atoms with Crippen LogP contribution in [0.4, 0.5) is 4.79 Å². The molecule has 1 aliphatic heterocycles. The highest BCUT2D eigenvalue weighted by Gasteiger charge is 2.30. The molecule has 0 spiro atoms. The van der Waals surface area contributed by atoms with Gasteiger partial charge in [0.25, 0.3) is 0 Å². The molecule has 1 N–H and O–H groups in total. The first-order valence-corrected chi connectivity index (χ1v) is 10.4. The lowest BCUT2D eigenvalue weighted by Crippen LogP contribution is -2.52. The van der Waals surface area contributed by atoms with Gasteiger partial charge in [-0.2, -0.15) is 0 Å². The van der Waals surface area contributed by atoms with Crippen molar-refractivity contribution in [2.45, 2.75) is 65.1 Å². The molecule has 2 heterocycles. The van der Waals surface area contributed by atoms with Crippen molar-refractivity contribution in [3.8, 4) is 0 Å². The van der Waals surface area contributed by atoms with Crippen LogP contribution < -0.4 is 5.32 Å². The average Bonchev–Trinajstić information content (AvgIpc) is 2.99. The van der Waals surface area contributed by atoms with Crippen molar-refractivity contribution < 1.29 is 9.53 Å². The minimum Gasteiger partial charge on any atom is -0.444 e. The first-order valence-electron chi connectivity index (χ1n) is 9.52. The topological polar surface area (TPSA) is 70.1 Å². The molecule has 1 aromatic heterocycles. The first-order chi connectivity index (χ1) is 12.7. The van der Waals surface area contributed by atoms with Gasteiger partial charge in [-0.1, -0.05) is 0 Å². The predicted octanol–water partition coefficient (Wildman–Crippen LogP) is 3.87.